The monoisotopic (exact) mass is 148 g/mol. The molecular formula is C7H13ClO. The van der Waals surface area contributed by atoms with Crippen molar-refractivity contribution in [3.8, 4) is 0 Å². The highest BCUT2D eigenvalue weighted by molar-refractivity contribution is 6.23. The highest BCUT2D eigenvalue weighted by atomic mass is 35.5. The van der Waals surface area contributed by atoms with Crippen LogP contribution in [0.2, 0.25) is 0 Å². The summed E-state index contributed by atoms with van der Waals surface area (Å²) < 4.78 is 5.35. The van der Waals surface area contributed by atoms with Crippen LogP contribution in [0.4, 0.5) is 0 Å². The topological polar surface area (TPSA) is 9.23 Å². The Kier molecular flexibility index (Phi) is 1.75. The zero-order valence-corrected chi connectivity index (χ0v) is 6.90. The second-order valence-corrected chi connectivity index (χ2v) is 3.57. The lowest BCUT2D eigenvalue weighted by molar-refractivity contribution is 0.108. The second kappa shape index (κ2) is 2.14. The maximum atomic E-state index is 5.90. The first-order valence-corrected chi connectivity index (χ1v) is 3.80. The average molecular weight is 149 g/mol. The zero-order chi connectivity index (χ0) is 7.07. The van der Waals surface area contributed by atoms with E-state index in [9.17, 15) is 0 Å². The number of ether oxygens (including phenoxy) is 1. The van der Waals surface area contributed by atoms with Crippen LogP contribution >= 0.6 is 11.6 Å². The van der Waals surface area contributed by atoms with Crippen LogP contribution < -0.4 is 0 Å². The fraction of sp³-hybridized carbons (Fsp3) is 1.00. The normalized spacial score (nSPS) is 38.7. The number of halogens is 1. The molecule has 0 saturated heterocycles. The molecule has 1 rings (SSSR count). The average Bonchev–Trinajstić information content (AvgIpc) is 2.19. The molecule has 0 amide bonds. The summed E-state index contributed by atoms with van der Waals surface area (Å²) in [4.78, 5) is 0. The molecule has 0 spiro atoms. The van der Waals surface area contributed by atoms with E-state index in [1.54, 1.807) is 0 Å². The minimum absolute atomic E-state index is 0.220. The second-order valence-electron chi connectivity index (χ2n) is 3.10. The Hall–Kier alpha value is 0.250. The molecule has 0 aromatic heterocycles. The van der Waals surface area contributed by atoms with Crippen LogP contribution in [0.15, 0.2) is 0 Å². The lowest BCUT2D eigenvalue weighted by Crippen LogP contribution is -2.00. The maximum absolute atomic E-state index is 5.90. The van der Waals surface area contributed by atoms with Gasteiger partial charge >= 0.3 is 0 Å². The van der Waals surface area contributed by atoms with Gasteiger partial charge in [0, 0.05) is 12.0 Å². The van der Waals surface area contributed by atoms with Gasteiger partial charge in [-0.05, 0) is 6.92 Å². The number of alkyl halides is 1. The smallest absolute Gasteiger partial charge is 0.0810 e. The summed E-state index contributed by atoms with van der Waals surface area (Å²) in [6, 6.07) is 0. The van der Waals surface area contributed by atoms with E-state index in [4.69, 9.17) is 16.3 Å². The molecule has 0 aromatic rings. The predicted molar refractivity (Wildman–Crippen MR) is 38.8 cm³/mol. The van der Waals surface area contributed by atoms with E-state index in [0.29, 0.717) is 6.10 Å². The highest BCUT2D eigenvalue weighted by Gasteiger charge is 2.58. The van der Waals surface area contributed by atoms with Crippen LogP contribution in [0, 0.1) is 5.41 Å². The van der Waals surface area contributed by atoms with Crippen molar-refractivity contribution in [3.63, 3.8) is 0 Å². The van der Waals surface area contributed by atoms with Gasteiger partial charge in [0.05, 0.1) is 11.5 Å². The summed E-state index contributed by atoms with van der Waals surface area (Å²) in [5.41, 5.74) is 0.220. The third-order valence-electron chi connectivity index (χ3n) is 1.95. The molecule has 9 heavy (non-hydrogen) atoms. The van der Waals surface area contributed by atoms with Gasteiger partial charge < -0.3 is 4.74 Å². The van der Waals surface area contributed by atoms with Crippen molar-refractivity contribution in [2.24, 2.45) is 5.41 Å². The first-order valence-electron chi connectivity index (χ1n) is 3.36. The molecular weight excluding hydrogens is 136 g/mol. The number of rotatable bonds is 2. The van der Waals surface area contributed by atoms with Crippen LogP contribution in [0.3, 0.4) is 0 Å². The van der Waals surface area contributed by atoms with E-state index >= 15 is 0 Å². The molecule has 0 aromatic carbocycles. The van der Waals surface area contributed by atoms with Crippen molar-refractivity contribution in [1.82, 2.24) is 0 Å². The highest BCUT2D eigenvalue weighted by Crippen LogP contribution is 2.51. The fourth-order valence-corrected chi connectivity index (χ4v) is 1.46. The van der Waals surface area contributed by atoms with Crippen LogP contribution in [-0.4, -0.2) is 18.1 Å². The molecule has 0 unspecified atom stereocenters. The van der Waals surface area contributed by atoms with Crippen LogP contribution in [0.25, 0.3) is 0 Å². The summed E-state index contributed by atoms with van der Waals surface area (Å²) in [5.74, 6) is 0. The van der Waals surface area contributed by atoms with Gasteiger partial charge in [-0.3, -0.25) is 0 Å². The third-order valence-corrected chi connectivity index (χ3v) is 2.74. The minimum Gasteiger partial charge on any atom is -0.376 e. The largest absolute Gasteiger partial charge is 0.376 e. The Morgan fingerprint density at radius 2 is 2.00 bits per heavy atom. The molecule has 0 bridgehead atoms. The van der Waals surface area contributed by atoms with Crippen molar-refractivity contribution >= 4 is 11.6 Å². The zero-order valence-electron chi connectivity index (χ0n) is 6.15. The van der Waals surface area contributed by atoms with E-state index in [1.807, 2.05) is 6.92 Å². The van der Waals surface area contributed by atoms with Gasteiger partial charge in [-0.25, -0.2) is 0 Å². The van der Waals surface area contributed by atoms with Crippen molar-refractivity contribution < 1.29 is 4.74 Å². The van der Waals surface area contributed by atoms with E-state index in [0.717, 1.165) is 6.61 Å². The molecule has 1 aliphatic rings. The summed E-state index contributed by atoms with van der Waals surface area (Å²) in [5, 5.41) is 0.234. The lowest BCUT2D eigenvalue weighted by Gasteiger charge is -1.99. The van der Waals surface area contributed by atoms with Crippen LogP contribution in [0.5, 0.6) is 0 Å². The molecule has 1 fully saturated rings. The predicted octanol–water partition coefficient (Wildman–Crippen LogP) is 2.04. The SMILES string of the molecule is CCO[C@@H]1[C@@H](Cl)C1(C)C. The van der Waals surface area contributed by atoms with Gasteiger partial charge in [0.25, 0.3) is 0 Å². The van der Waals surface area contributed by atoms with Gasteiger partial charge in [0.2, 0.25) is 0 Å². The molecule has 2 atom stereocenters. The standard InChI is InChI=1S/C7H13ClO/c1-4-9-6-5(8)7(6,2)3/h5-6H,4H2,1-3H3/t5-,6-/m1/s1. The molecule has 0 N–H and O–H groups in total. The molecule has 0 aliphatic heterocycles. The van der Waals surface area contributed by atoms with E-state index in [-0.39, 0.29) is 10.8 Å². The Labute approximate surface area is 61.3 Å². The summed E-state index contributed by atoms with van der Waals surface area (Å²) in [6.07, 6.45) is 0.296. The van der Waals surface area contributed by atoms with Gasteiger partial charge in [-0.15, -0.1) is 11.6 Å². The third kappa shape index (κ3) is 1.08. The Balaban J connectivity index is 2.33. The molecule has 1 aliphatic carbocycles. The van der Waals surface area contributed by atoms with E-state index in [2.05, 4.69) is 13.8 Å². The van der Waals surface area contributed by atoms with Crippen molar-refractivity contribution in [2.45, 2.75) is 32.3 Å². The molecule has 0 heterocycles. The first kappa shape index (κ1) is 7.36. The van der Waals surface area contributed by atoms with E-state index < -0.39 is 0 Å². The number of hydrogen-bond donors (Lipinski definition) is 0. The van der Waals surface area contributed by atoms with Crippen molar-refractivity contribution in [3.05, 3.63) is 0 Å². The van der Waals surface area contributed by atoms with Crippen LogP contribution in [0.1, 0.15) is 20.8 Å². The van der Waals surface area contributed by atoms with Crippen molar-refractivity contribution in [1.29, 1.82) is 0 Å². The maximum Gasteiger partial charge on any atom is 0.0810 e. The Morgan fingerprint density at radius 3 is 2.11 bits per heavy atom. The van der Waals surface area contributed by atoms with Gasteiger partial charge in [-0.1, -0.05) is 13.8 Å². The van der Waals surface area contributed by atoms with Gasteiger partial charge in [0.1, 0.15) is 0 Å². The number of hydrogen-bond acceptors (Lipinski definition) is 1. The lowest BCUT2D eigenvalue weighted by atomic mass is 10.2. The Morgan fingerprint density at radius 1 is 1.56 bits per heavy atom. The van der Waals surface area contributed by atoms with Crippen LogP contribution in [-0.2, 0) is 4.74 Å². The quantitative estimate of drug-likeness (QED) is 0.545. The van der Waals surface area contributed by atoms with E-state index in [1.165, 1.54) is 0 Å². The molecule has 2 heteroatoms. The van der Waals surface area contributed by atoms with Gasteiger partial charge in [0.15, 0.2) is 0 Å². The summed E-state index contributed by atoms with van der Waals surface area (Å²) >= 11 is 5.90. The minimum atomic E-state index is 0.220. The Bertz CT molecular complexity index is 111. The first-order chi connectivity index (χ1) is 4.10. The molecule has 1 nitrogen and oxygen atoms in total. The fourth-order valence-electron chi connectivity index (χ4n) is 1.01. The molecule has 1 saturated carbocycles. The van der Waals surface area contributed by atoms with Gasteiger partial charge in [-0.2, -0.15) is 0 Å². The molecule has 0 radical (unpaired) electrons. The van der Waals surface area contributed by atoms with Crippen molar-refractivity contribution in [2.75, 3.05) is 6.61 Å². The molecule has 54 valence electrons. The summed E-state index contributed by atoms with van der Waals surface area (Å²) in [6.45, 7) is 7.03. The summed E-state index contributed by atoms with van der Waals surface area (Å²) in [7, 11) is 0.